The highest BCUT2D eigenvalue weighted by Crippen LogP contribution is 2.29. The normalized spacial score (nSPS) is 26.5. The van der Waals surface area contributed by atoms with E-state index in [9.17, 15) is 0 Å². The van der Waals surface area contributed by atoms with E-state index < -0.39 is 0 Å². The Morgan fingerprint density at radius 2 is 2.08 bits per heavy atom. The number of pyridine rings is 1. The number of rotatable bonds is 3. The van der Waals surface area contributed by atoms with Crippen LogP contribution in [0.4, 0.5) is 5.69 Å². The second-order valence-corrected chi connectivity index (χ2v) is 3.60. The molecule has 1 aliphatic carbocycles. The SMILES string of the molecule is OCC1CC(Nc2ccncc2)C1. The summed E-state index contributed by atoms with van der Waals surface area (Å²) in [5, 5.41) is 12.2. The average molecular weight is 178 g/mol. The first-order valence-electron chi connectivity index (χ1n) is 4.66. The number of hydrogen-bond donors (Lipinski definition) is 2. The molecule has 1 aromatic heterocycles. The molecule has 1 heterocycles. The van der Waals surface area contributed by atoms with Crippen molar-refractivity contribution >= 4 is 5.69 Å². The lowest BCUT2D eigenvalue weighted by atomic mass is 9.81. The van der Waals surface area contributed by atoms with Crippen LogP contribution in [0, 0.1) is 5.92 Å². The van der Waals surface area contributed by atoms with Gasteiger partial charge in [0.15, 0.2) is 0 Å². The molecule has 1 fully saturated rings. The van der Waals surface area contributed by atoms with Gasteiger partial charge in [-0.25, -0.2) is 0 Å². The Kier molecular flexibility index (Phi) is 2.45. The Labute approximate surface area is 77.8 Å². The van der Waals surface area contributed by atoms with Crippen LogP contribution in [0.3, 0.4) is 0 Å². The molecule has 3 heteroatoms. The lowest BCUT2D eigenvalue weighted by Crippen LogP contribution is -2.37. The van der Waals surface area contributed by atoms with Crippen molar-refractivity contribution in [2.75, 3.05) is 11.9 Å². The van der Waals surface area contributed by atoms with Gasteiger partial charge in [-0.15, -0.1) is 0 Å². The second-order valence-electron chi connectivity index (χ2n) is 3.60. The van der Waals surface area contributed by atoms with Crippen LogP contribution in [0.15, 0.2) is 24.5 Å². The summed E-state index contributed by atoms with van der Waals surface area (Å²) in [6, 6.07) is 4.47. The largest absolute Gasteiger partial charge is 0.396 e. The quantitative estimate of drug-likeness (QED) is 0.732. The van der Waals surface area contributed by atoms with Crippen molar-refractivity contribution in [3.63, 3.8) is 0 Å². The van der Waals surface area contributed by atoms with Crippen molar-refractivity contribution in [3.8, 4) is 0 Å². The van der Waals surface area contributed by atoms with E-state index in [-0.39, 0.29) is 0 Å². The molecule has 0 bridgehead atoms. The summed E-state index contributed by atoms with van der Waals surface area (Å²) in [5.74, 6) is 0.513. The maximum atomic E-state index is 8.83. The van der Waals surface area contributed by atoms with Crippen molar-refractivity contribution in [1.29, 1.82) is 0 Å². The standard InChI is InChI=1S/C10H14N2O/c13-7-8-5-10(6-8)12-9-1-3-11-4-2-9/h1-4,8,10,13H,5-7H2,(H,11,12). The minimum absolute atomic E-state index is 0.328. The van der Waals surface area contributed by atoms with Crippen molar-refractivity contribution in [2.24, 2.45) is 5.92 Å². The Bertz CT molecular complexity index is 257. The molecule has 0 unspecified atom stereocenters. The highest BCUT2D eigenvalue weighted by molar-refractivity contribution is 5.42. The first-order chi connectivity index (χ1) is 6.38. The molecule has 1 aromatic rings. The van der Waals surface area contributed by atoms with Gasteiger partial charge in [-0.2, -0.15) is 0 Å². The maximum absolute atomic E-state index is 8.83. The van der Waals surface area contributed by atoms with E-state index in [0.29, 0.717) is 18.6 Å². The van der Waals surface area contributed by atoms with Crippen molar-refractivity contribution in [2.45, 2.75) is 18.9 Å². The number of aliphatic hydroxyl groups is 1. The summed E-state index contributed by atoms with van der Waals surface area (Å²) in [6.45, 7) is 0.328. The third-order valence-corrected chi connectivity index (χ3v) is 2.55. The van der Waals surface area contributed by atoms with E-state index in [1.807, 2.05) is 12.1 Å². The lowest BCUT2D eigenvalue weighted by molar-refractivity contribution is 0.151. The monoisotopic (exact) mass is 178 g/mol. The highest BCUT2D eigenvalue weighted by Gasteiger charge is 2.27. The first kappa shape index (κ1) is 8.51. The Morgan fingerprint density at radius 1 is 1.38 bits per heavy atom. The summed E-state index contributed by atoms with van der Waals surface area (Å²) in [4.78, 5) is 3.95. The fraction of sp³-hybridized carbons (Fsp3) is 0.500. The molecular weight excluding hydrogens is 164 g/mol. The maximum Gasteiger partial charge on any atom is 0.0460 e. The van der Waals surface area contributed by atoms with E-state index in [2.05, 4.69) is 10.3 Å². The molecule has 2 N–H and O–H groups in total. The molecule has 0 aromatic carbocycles. The Balaban J connectivity index is 1.81. The van der Waals surface area contributed by atoms with E-state index >= 15 is 0 Å². The summed E-state index contributed by atoms with van der Waals surface area (Å²) in [5.41, 5.74) is 1.12. The Morgan fingerprint density at radius 3 is 2.69 bits per heavy atom. The molecule has 0 aliphatic heterocycles. The van der Waals surface area contributed by atoms with Gasteiger partial charge in [0, 0.05) is 30.7 Å². The summed E-state index contributed by atoms with van der Waals surface area (Å²) >= 11 is 0. The van der Waals surface area contributed by atoms with Crippen LogP contribution < -0.4 is 5.32 Å². The molecule has 13 heavy (non-hydrogen) atoms. The van der Waals surface area contributed by atoms with E-state index in [1.165, 1.54) is 0 Å². The molecule has 70 valence electrons. The molecule has 0 amide bonds. The van der Waals surface area contributed by atoms with Gasteiger partial charge >= 0.3 is 0 Å². The number of hydrogen-bond acceptors (Lipinski definition) is 3. The van der Waals surface area contributed by atoms with Crippen LogP contribution in [0.5, 0.6) is 0 Å². The zero-order chi connectivity index (χ0) is 9.10. The first-order valence-corrected chi connectivity index (χ1v) is 4.66. The zero-order valence-electron chi connectivity index (χ0n) is 7.48. The molecule has 0 atom stereocenters. The number of nitrogens with one attached hydrogen (secondary N) is 1. The number of anilines is 1. The van der Waals surface area contributed by atoms with Crippen molar-refractivity contribution < 1.29 is 5.11 Å². The predicted octanol–water partition coefficient (Wildman–Crippen LogP) is 1.26. The molecule has 0 saturated heterocycles. The molecule has 1 aliphatic rings. The van der Waals surface area contributed by atoms with Gasteiger partial charge in [0.2, 0.25) is 0 Å². The van der Waals surface area contributed by atoms with Gasteiger partial charge < -0.3 is 10.4 Å². The van der Waals surface area contributed by atoms with E-state index in [0.717, 1.165) is 18.5 Å². The van der Waals surface area contributed by atoms with Gasteiger partial charge in [0.05, 0.1) is 0 Å². The average Bonchev–Trinajstić information content (AvgIpc) is 2.12. The Hall–Kier alpha value is -1.09. The summed E-state index contributed by atoms with van der Waals surface area (Å²) in [6.07, 6.45) is 5.73. The third-order valence-electron chi connectivity index (χ3n) is 2.55. The summed E-state index contributed by atoms with van der Waals surface area (Å²) in [7, 11) is 0. The van der Waals surface area contributed by atoms with Gasteiger partial charge in [0.25, 0.3) is 0 Å². The minimum atomic E-state index is 0.328. The van der Waals surface area contributed by atoms with Crippen LogP contribution in [0.25, 0.3) is 0 Å². The van der Waals surface area contributed by atoms with E-state index in [1.54, 1.807) is 12.4 Å². The molecule has 0 spiro atoms. The molecule has 2 rings (SSSR count). The fourth-order valence-electron chi connectivity index (χ4n) is 1.69. The van der Waals surface area contributed by atoms with Gasteiger partial charge in [-0.3, -0.25) is 4.98 Å². The second kappa shape index (κ2) is 3.75. The van der Waals surface area contributed by atoms with Gasteiger partial charge in [-0.05, 0) is 30.9 Å². The predicted molar refractivity (Wildman–Crippen MR) is 51.5 cm³/mol. The van der Waals surface area contributed by atoms with Crippen molar-refractivity contribution in [1.82, 2.24) is 4.98 Å². The lowest BCUT2D eigenvalue weighted by Gasteiger charge is -2.35. The van der Waals surface area contributed by atoms with Crippen LogP contribution in [-0.4, -0.2) is 22.7 Å². The number of nitrogens with zero attached hydrogens (tertiary/aromatic N) is 1. The highest BCUT2D eigenvalue weighted by atomic mass is 16.3. The minimum Gasteiger partial charge on any atom is -0.396 e. The van der Waals surface area contributed by atoms with Crippen LogP contribution in [-0.2, 0) is 0 Å². The molecule has 1 saturated carbocycles. The summed E-state index contributed by atoms with van der Waals surface area (Å²) < 4.78 is 0. The molecule has 3 nitrogen and oxygen atoms in total. The smallest absolute Gasteiger partial charge is 0.0460 e. The van der Waals surface area contributed by atoms with Crippen LogP contribution in [0.1, 0.15) is 12.8 Å². The third kappa shape index (κ3) is 1.98. The van der Waals surface area contributed by atoms with Gasteiger partial charge in [0.1, 0.15) is 0 Å². The number of aliphatic hydroxyl groups excluding tert-OH is 1. The van der Waals surface area contributed by atoms with Gasteiger partial charge in [-0.1, -0.05) is 0 Å². The van der Waals surface area contributed by atoms with Crippen molar-refractivity contribution in [3.05, 3.63) is 24.5 Å². The fourth-order valence-corrected chi connectivity index (χ4v) is 1.69. The zero-order valence-corrected chi connectivity index (χ0v) is 7.48. The topological polar surface area (TPSA) is 45.1 Å². The van der Waals surface area contributed by atoms with Crippen LogP contribution >= 0.6 is 0 Å². The van der Waals surface area contributed by atoms with Crippen LogP contribution in [0.2, 0.25) is 0 Å². The molecule has 0 radical (unpaired) electrons. The number of aromatic nitrogens is 1. The molecular formula is C10H14N2O. The van der Waals surface area contributed by atoms with E-state index in [4.69, 9.17) is 5.11 Å².